The Balaban J connectivity index is 1.39. The van der Waals surface area contributed by atoms with Crippen molar-refractivity contribution >= 4 is 10.0 Å². The predicted octanol–water partition coefficient (Wildman–Crippen LogP) is 3.04. The van der Waals surface area contributed by atoms with Crippen LogP contribution in [0.15, 0.2) is 57.6 Å². The van der Waals surface area contributed by atoms with Gasteiger partial charge in [0.15, 0.2) is 5.76 Å². The summed E-state index contributed by atoms with van der Waals surface area (Å²) in [5, 5.41) is 8.12. The summed E-state index contributed by atoms with van der Waals surface area (Å²) in [6, 6.07) is 12.8. The van der Waals surface area contributed by atoms with Crippen LogP contribution in [0.3, 0.4) is 0 Å². The topological polar surface area (TPSA) is 89.4 Å². The Hall–Kier alpha value is -2.45. The minimum atomic E-state index is -3.32. The number of furan rings is 1. The molecule has 0 amide bonds. The molecular weight excluding hydrogens is 354 g/mol. The highest BCUT2D eigenvalue weighted by Gasteiger charge is 2.31. The molecule has 7 nitrogen and oxygen atoms in total. The van der Waals surface area contributed by atoms with Gasteiger partial charge in [0, 0.05) is 19.0 Å². The third-order valence-corrected chi connectivity index (χ3v) is 6.41. The molecule has 136 valence electrons. The van der Waals surface area contributed by atoms with E-state index in [9.17, 15) is 8.42 Å². The number of sulfonamides is 1. The summed E-state index contributed by atoms with van der Waals surface area (Å²) in [7, 11) is -3.32. The molecule has 0 aliphatic carbocycles. The molecule has 1 fully saturated rings. The fourth-order valence-corrected chi connectivity index (χ4v) is 4.72. The van der Waals surface area contributed by atoms with Gasteiger partial charge < -0.3 is 8.83 Å². The van der Waals surface area contributed by atoms with Gasteiger partial charge in [-0.05, 0) is 30.5 Å². The van der Waals surface area contributed by atoms with Gasteiger partial charge in [-0.25, -0.2) is 12.7 Å². The molecule has 0 atom stereocenters. The molecule has 0 N–H and O–H groups in total. The summed E-state index contributed by atoms with van der Waals surface area (Å²) < 4.78 is 37.8. The second-order valence-electron chi connectivity index (χ2n) is 6.34. The molecule has 1 saturated heterocycles. The number of benzene rings is 1. The molecule has 1 aromatic carbocycles. The smallest absolute Gasteiger partial charge is 0.283 e. The van der Waals surface area contributed by atoms with Crippen LogP contribution in [0.4, 0.5) is 0 Å². The van der Waals surface area contributed by atoms with E-state index in [0.29, 0.717) is 43.5 Å². The van der Waals surface area contributed by atoms with Crippen molar-refractivity contribution in [3.63, 3.8) is 0 Å². The molecule has 1 aliphatic heterocycles. The molecule has 4 rings (SSSR count). The highest BCUT2D eigenvalue weighted by atomic mass is 32.2. The molecule has 3 aromatic rings. The monoisotopic (exact) mass is 373 g/mol. The maximum atomic E-state index is 12.6. The third-order valence-electron chi connectivity index (χ3n) is 4.56. The number of nitrogens with zero attached hydrogens (tertiary/aromatic N) is 3. The maximum Gasteiger partial charge on any atom is 0.283 e. The normalized spacial score (nSPS) is 16.8. The number of hydrogen-bond acceptors (Lipinski definition) is 6. The van der Waals surface area contributed by atoms with Crippen LogP contribution >= 0.6 is 0 Å². The highest BCUT2D eigenvalue weighted by Crippen LogP contribution is 2.30. The molecule has 0 spiro atoms. The Morgan fingerprint density at radius 2 is 1.81 bits per heavy atom. The molecule has 1 aliphatic rings. The Kier molecular flexibility index (Phi) is 4.60. The zero-order valence-electron chi connectivity index (χ0n) is 14.1. The van der Waals surface area contributed by atoms with Crippen LogP contribution in [0.1, 0.15) is 30.2 Å². The number of hydrogen-bond donors (Lipinski definition) is 0. The van der Waals surface area contributed by atoms with Crippen molar-refractivity contribution in [2.45, 2.75) is 24.5 Å². The fraction of sp³-hybridized carbons (Fsp3) is 0.333. The lowest BCUT2D eigenvalue weighted by molar-refractivity contribution is 0.290. The van der Waals surface area contributed by atoms with Crippen molar-refractivity contribution in [2.24, 2.45) is 0 Å². The first-order chi connectivity index (χ1) is 12.6. The SMILES string of the molecule is O=S(=O)(Cc1ccccc1)N1CCC(c2nnc(-c3ccco3)o2)CC1. The van der Waals surface area contributed by atoms with Gasteiger partial charge in [0.2, 0.25) is 15.9 Å². The molecule has 0 unspecified atom stereocenters. The van der Waals surface area contributed by atoms with Crippen molar-refractivity contribution < 1.29 is 17.3 Å². The van der Waals surface area contributed by atoms with E-state index in [0.717, 1.165) is 5.56 Å². The van der Waals surface area contributed by atoms with E-state index < -0.39 is 10.0 Å². The van der Waals surface area contributed by atoms with E-state index >= 15 is 0 Å². The lowest BCUT2D eigenvalue weighted by atomic mass is 9.98. The minimum absolute atomic E-state index is 0.0295. The van der Waals surface area contributed by atoms with Gasteiger partial charge in [0.05, 0.1) is 12.0 Å². The van der Waals surface area contributed by atoms with Crippen molar-refractivity contribution in [3.05, 3.63) is 60.2 Å². The van der Waals surface area contributed by atoms with Crippen LogP contribution in [0.2, 0.25) is 0 Å². The number of aromatic nitrogens is 2. The van der Waals surface area contributed by atoms with Gasteiger partial charge >= 0.3 is 0 Å². The maximum absolute atomic E-state index is 12.6. The van der Waals surface area contributed by atoms with E-state index in [1.54, 1.807) is 22.7 Å². The average Bonchev–Trinajstić information content (AvgIpc) is 3.34. The Bertz CT molecular complexity index is 944. The van der Waals surface area contributed by atoms with Crippen molar-refractivity contribution in [3.8, 4) is 11.7 Å². The van der Waals surface area contributed by atoms with Gasteiger partial charge in [0.25, 0.3) is 5.89 Å². The zero-order valence-corrected chi connectivity index (χ0v) is 14.9. The lowest BCUT2D eigenvalue weighted by Gasteiger charge is -2.29. The van der Waals surface area contributed by atoms with Gasteiger partial charge in [-0.1, -0.05) is 30.3 Å². The predicted molar refractivity (Wildman–Crippen MR) is 94.6 cm³/mol. The first-order valence-corrected chi connectivity index (χ1v) is 10.1. The second kappa shape index (κ2) is 7.05. The van der Waals surface area contributed by atoms with Crippen LogP contribution < -0.4 is 0 Å². The van der Waals surface area contributed by atoms with E-state index in [4.69, 9.17) is 8.83 Å². The van der Waals surface area contributed by atoms with Crippen LogP contribution in [0.5, 0.6) is 0 Å². The standard InChI is InChI=1S/C18H19N3O4S/c22-26(23,13-14-5-2-1-3-6-14)21-10-8-15(9-11-21)17-19-20-18(25-17)16-7-4-12-24-16/h1-7,12,15H,8-11,13H2. The van der Waals surface area contributed by atoms with Crippen molar-refractivity contribution in [1.82, 2.24) is 14.5 Å². The van der Waals surface area contributed by atoms with Gasteiger partial charge in [0.1, 0.15) is 0 Å². The van der Waals surface area contributed by atoms with Crippen LogP contribution in [-0.2, 0) is 15.8 Å². The molecule has 3 heterocycles. The average molecular weight is 373 g/mol. The fourth-order valence-electron chi connectivity index (χ4n) is 3.16. The minimum Gasteiger partial charge on any atom is -0.459 e. The molecule has 26 heavy (non-hydrogen) atoms. The first kappa shape index (κ1) is 17.0. The Morgan fingerprint density at radius 3 is 2.50 bits per heavy atom. The van der Waals surface area contributed by atoms with Gasteiger partial charge in [-0.15, -0.1) is 10.2 Å². The Labute approximate surface area is 151 Å². The van der Waals surface area contributed by atoms with Crippen LogP contribution in [-0.4, -0.2) is 36.0 Å². The van der Waals surface area contributed by atoms with Crippen LogP contribution in [0.25, 0.3) is 11.7 Å². The van der Waals surface area contributed by atoms with Gasteiger partial charge in [-0.2, -0.15) is 0 Å². The van der Waals surface area contributed by atoms with Crippen molar-refractivity contribution in [2.75, 3.05) is 13.1 Å². The molecule has 0 bridgehead atoms. The van der Waals surface area contributed by atoms with E-state index in [2.05, 4.69) is 10.2 Å². The Morgan fingerprint density at radius 1 is 1.04 bits per heavy atom. The molecule has 8 heteroatoms. The van der Waals surface area contributed by atoms with Crippen LogP contribution in [0, 0.1) is 0 Å². The summed E-state index contributed by atoms with van der Waals surface area (Å²) in [5.41, 5.74) is 0.801. The largest absolute Gasteiger partial charge is 0.459 e. The summed E-state index contributed by atoms with van der Waals surface area (Å²) in [6.45, 7) is 0.913. The summed E-state index contributed by atoms with van der Waals surface area (Å²) in [6.07, 6.45) is 2.87. The lowest BCUT2D eigenvalue weighted by Crippen LogP contribution is -2.38. The molecule has 0 radical (unpaired) electrons. The van der Waals surface area contributed by atoms with E-state index in [-0.39, 0.29) is 11.7 Å². The van der Waals surface area contributed by atoms with Gasteiger partial charge in [-0.3, -0.25) is 0 Å². The quantitative estimate of drug-likeness (QED) is 0.683. The third kappa shape index (κ3) is 3.56. The molecule has 2 aromatic heterocycles. The van der Waals surface area contributed by atoms with E-state index in [1.165, 1.54) is 0 Å². The molecule has 0 saturated carbocycles. The van der Waals surface area contributed by atoms with Crippen molar-refractivity contribution in [1.29, 1.82) is 0 Å². The van der Waals surface area contributed by atoms with E-state index in [1.807, 2.05) is 30.3 Å². The number of rotatable bonds is 5. The summed E-state index contributed by atoms with van der Waals surface area (Å²) in [4.78, 5) is 0. The summed E-state index contributed by atoms with van der Waals surface area (Å²) >= 11 is 0. The summed E-state index contributed by atoms with van der Waals surface area (Å²) in [5.74, 6) is 1.52. The second-order valence-corrected chi connectivity index (χ2v) is 8.31. The number of piperidine rings is 1. The zero-order chi connectivity index (χ0) is 18.0. The molecular formula is C18H19N3O4S. The first-order valence-electron chi connectivity index (χ1n) is 8.51. The highest BCUT2D eigenvalue weighted by molar-refractivity contribution is 7.88.